The first-order valence-electron chi connectivity index (χ1n) is 18.7. The molecule has 1 heterocycles. The second-order valence-electron chi connectivity index (χ2n) is 14.5. The molecule has 0 atom stereocenters. The van der Waals surface area contributed by atoms with Crippen molar-refractivity contribution in [3.63, 3.8) is 0 Å². The summed E-state index contributed by atoms with van der Waals surface area (Å²) in [5, 5.41) is -2.33. The summed E-state index contributed by atoms with van der Waals surface area (Å²) < 4.78 is 57.8. The maximum atomic E-state index is 14.8. The number of thioether (sulfide) groups is 1. The van der Waals surface area contributed by atoms with Crippen LogP contribution >= 0.6 is 11.8 Å². The van der Waals surface area contributed by atoms with Crippen LogP contribution in [0, 0.1) is 5.82 Å². The van der Waals surface area contributed by atoms with Crippen molar-refractivity contribution in [2.45, 2.75) is 62.1 Å². The number of carbonyl (C=O) groups excluding carboxylic acids is 1. The lowest BCUT2D eigenvalue weighted by Gasteiger charge is -2.45. The second-order valence-corrected chi connectivity index (χ2v) is 15.4. The Morgan fingerprint density at radius 2 is 1.18 bits per heavy atom. The van der Waals surface area contributed by atoms with E-state index in [2.05, 4.69) is 4.98 Å². The topological polar surface area (TPSA) is 58.4 Å². The molecule has 28 radical (unpaired) electrons. The normalized spacial score (nSPS) is 12.9. The maximum Gasteiger partial charge on any atom is 0.415 e. The van der Waals surface area contributed by atoms with Crippen LogP contribution in [-0.4, -0.2) is 161 Å². The number of halogens is 4. The molecule has 1 aromatic heterocycles. The molecule has 4 aromatic rings. The third-order valence-electron chi connectivity index (χ3n) is 11.1. The Hall–Kier alpha value is -3.05. The molecule has 61 heavy (non-hydrogen) atoms. The van der Waals surface area contributed by atoms with Crippen LogP contribution < -0.4 is 71.1 Å². The van der Waals surface area contributed by atoms with Crippen molar-refractivity contribution >= 4 is 193 Å². The van der Waals surface area contributed by atoms with Gasteiger partial charge in [0.15, 0.2) is 5.16 Å². The summed E-state index contributed by atoms with van der Waals surface area (Å²) in [5.41, 5.74) is -7.89. The van der Waals surface area contributed by atoms with E-state index >= 15 is 0 Å². The molecule has 25 heteroatoms. The molecule has 0 saturated heterocycles. The predicted octanol–water partition coefficient (Wildman–Crippen LogP) is -8.31. The van der Waals surface area contributed by atoms with Gasteiger partial charge in [0.05, 0.1) is 15.7 Å². The zero-order valence-electron chi connectivity index (χ0n) is 33.5. The van der Waals surface area contributed by atoms with Gasteiger partial charge in [-0.3, -0.25) is 9.59 Å². The molecule has 0 aliphatic heterocycles. The van der Waals surface area contributed by atoms with E-state index in [1.165, 1.54) is 0 Å². The summed E-state index contributed by atoms with van der Waals surface area (Å²) in [6, 6.07) is 0. The number of likely N-dealkylation sites (N-methyl/N-ethyl adjacent to an activating group) is 1. The second kappa shape index (κ2) is 18.6. The Kier molecular flexibility index (Phi) is 14.9. The molecule has 0 bridgehead atoms. The van der Waals surface area contributed by atoms with Gasteiger partial charge in [0.25, 0.3) is 5.56 Å². The highest BCUT2D eigenvalue weighted by Gasteiger charge is 2.38. The molecule has 1 amide bonds. The third kappa shape index (κ3) is 8.91. The molecule has 1 aliphatic rings. The van der Waals surface area contributed by atoms with Crippen LogP contribution in [-0.2, 0) is 41.4 Å². The van der Waals surface area contributed by atoms with Gasteiger partial charge in [-0.25, -0.2) is 4.39 Å². The van der Waals surface area contributed by atoms with Gasteiger partial charge in [-0.15, -0.1) is 0 Å². The predicted molar refractivity (Wildman–Crippen MR) is 251 cm³/mol. The fourth-order valence-electron chi connectivity index (χ4n) is 7.59. The van der Waals surface area contributed by atoms with E-state index in [4.69, 9.17) is 110 Å². The lowest BCUT2D eigenvalue weighted by molar-refractivity contribution is -0.136. The summed E-state index contributed by atoms with van der Waals surface area (Å²) in [6.07, 6.45) is -3.64. The van der Waals surface area contributed by atoms with Crippen molar-refractivity contribution in [1.29, 1.82) is 0 Å². The molecule has 3 aromatic carbocycles. The summed E-state index contributed by atoms with van der Waals surface area (Å²) in [4.78, 5) is 35.4. The Labute approximate surface area is 376 Å². The standard InChI is InChI=1S/C36H24B14F4N4O2S/c1-3-56(4-2)8-9-58(15(59)10-57-14-7-5-6-12(14)33(60)55-34(57)61-11-13-20(37)30(47)32(51)31(48)21(13)38)35(49,50)18-26(43)22(39)16(23(40)27(18)44)17-24(41)28(45)19(36(52,53)54)29(46)25(17)42/h3-11H2,1-2H3. The van der Waals surface area contributed by atoms with Crippen molar-refractivity contribution in [1.82, 2.24) is 19.4 Å². The summed E-state index contributed by atoms with van der Waals surface area (Å²) >= 11 is 0.973. The molecular weight excluding hydrogens is 780 g/mol. The van der Waals surface area contributed by atoms with Crippen molar-refractivity contribution < 1.29 is 22.4 Å². The van der Waals surface area contributed by atoms with Gasteiger partial charge in [0.2, 0.25) is 5.91 Å². The quantitative estimate of drug-likeness (QED) is 0.0583. The van der Waals surface area contributed by atoms with Crippen molar-refractivity contribution in [3.05, 3.63) is 44.1 Å². The Balaban J connectivity index is 1.65. The number of aromatic nitrogens is 2. The Morgan fingerprint density at radius 3 is 1.64 bits per heavy atom. The first-order chi connectivity index (χ1) is 28.3. The Morgan fingerprint density at radius 1 is 0.705 bits per heavy atom. The summed E-state index contributed by atoms with van der Waals surface area (Å²) in [6.45, 7) is 4.59. The average molecular weight is 804 g/mol. The van der Waals surface area contributed by atoms with E-state index in [1.54, 1.807) is 4.57 Å². The first kappa shape index (κ1) is 49.0. The molecule has 6 nitrogen and oxygen atoms in total. The van der Waals surface area contributed by atoms with E-state index in [1.807, 2.05) is 18.7 Å². The number of fused-ring (bicyclic) bond motifs is 1. The lowest BCUT2D eigenvalue weighted by Crippen LogP contribution is -2.61. The third-order valence-corrected chi connectivity index (χ3v) is 12.1. The van der Waals surface area contributed by atoms with Crippen molar-refractivity contribution in [2.75, 3.05) is 26.2 Å². The van der Waals surface area contributed by atoms with E-state index in [0.717, 1.165) is 16.7 Å². The molecule has 0 unspecified atom stereocenters. The van der Waals surface area contributed by atoms with Crippen molar-refractivity contribution in [2.24, 2.45) is 0 Å². The molecular formula is C36H24B14F4N4O2S. The van der Waals surface area contributed by atoms with E-state index < -0.39 is 95.5 Å². The number of carbonyl (C=O) groups is 1. The fourth-order valence-corrected chi connectivity index (χ4v) is 8.65. The molecule has 0 saturated carbocycles. The minimum atomic E-state index is -5.04. The molecule has 276 valence electrons. The largest absolute Gasteiger partial charge is 0.415 e. The van der Waals surface area contributed by atoms with Crippen LogP contribution in [0.2, 0.25) is 0 Å². The SMILES string of the molecule is [B]c1c([B])c(CSc2nc(=O)c3c(n2CC(=O)N(CCN(CC)CC)C([B])([B])c2c([B])c([B])c(-c4c([B])c([B])c(C(F)(F)F)c([B])c4[B])c([B])c2[B])CCC3)c([B])c([B])c1F. The van der Waals surface area contributed by atoms with E-state index in [-0.39, 0.29) is 57.2 Å². The lowest BCUT2D eigenvalue weighted by atomic mass is 9.49. The first-order valence-corrected chi connectivity index (χ1v) is 19.7. The van der Waals surface area contributed by atoms with Crippen LogP contribution in [0.3, 0.4) is 0 Å². The van der Waals surface area contributed by atoms with Crippen molar-refractivity contribution in [3.8, 4) is 11.1 Å². The van der Waals surface area contributed by atoms with Gasteiger partial charge in [-0.1, -0.05) is 102 Å². The van der Waals surface area contributed by atoms with Gasteiger partial charge >= 0.3 is 6.18 Å². The fraction of sp³-hybridized carbons (Fsp3) is 0.361. The minimum Gasteiger partial charge on any atom is -0.347 e. The van der Waals surface area contributed by atoms with Gasteiger partial charge in [0.1, 0.15) is 107 Å². The van der Waals surface area contributed by atoms with Crippen LogP contribution in [0.15, 0.2) is 9.95 Å². The number of hydrogen-bond acceptors (Lipinski definition) is 5. The Bertz CT molecular complexity index is 2420. The van der Waals surface area contributed by atoms with E-state index in [9.17, 15) is 27.2 Å². The smallest absolute Gasteiger partial charge is 0.347 e. The highest BCUT2D eigenvalue weighted by Crippen LogP contribution is 2.29. The summed E-state index contributed by atoms with van der Waals surface area (Å²) in [7, 11) is 87.9. The molecule has 0 spiro atoms. The van der Waals surface area contributed by atoms with Crippen LogP contribution in [0.25, 0.3) is 11.1 Å². The zero-order chi connectivity index (χ0) is 45.8. The van der Waals surface area contributed by atoms with Gasteiger partial charge in [-0.2, -0.15) is 18.2 Å². The van der Waals surface area contributed by atoms with Crippen LogP contribution in [0.4, 0.5) is 17.6 Å². The van der Waals surface area contributed by atoms with Gasteiger partial charge in [0, 0.05) is 35.7 Å². The zero-order valence-corrected chi connectivity index (χ0v) is 34.3. The van der Waals surface area contributed by atoms with Gasteiger partial charge in [-0.05, 0) is 48.8 Å². The molecule has 0 N–H and O–H groups in total. The summed E-state index contributed by atoms with van der Waals surface area (Å²) in [5.74, 6) is -1.76. The van der Waals surface area contributed by atoms with Gasteiger partial charge < -0.3 is 14.4 Å². The van der Waals surface area contributed by atoms with E-state index in [0.29, 0.717) is 43.6 Å². The minimum absolute atomic E-state index is 0.0738. The number of benzene rings is 3. The average Bonchev–Trinajstić information content (AvgIpc) is 3.69. The number of alkyl halides is 3. The number of rotatable bonds is 13. The number of hydrogen-bond donors (Lipinski definition) is 0. The maximum absolute atomic E-state index is 14.8. The monoisotopic (exact) mass is 806 g/mol. The van der Waals surface area contributed by atoms with Crippen LogP contribution in [0.5, 0.6) is 0 Å². The highest BCUT2D eigenvalue weighted by molar-refractivity contribution is 7.98. The van der Waals surface area contributed by atoms with Crippen LogP contribution in [0.1, 0.15) is 48.2 Å². The number of amides is 1. The molecule has 5 rings (SSSR count). The molecule has 0 fully saturated rings. The highest BCUT2D eigenvalue weighted by atomic mass is 32.2. The number of nitrogens with zero attached hydrogens (tertiary/aromatic N) is 4. The molecule has 1 aliphatic carbocycles.